The van der Waals surface area contributed by atoms with Gasteiger partial charge < -0.3 is 10.1 Å². The van der Waals surface area contributed by atoms with Gasteiger partial charge in [-0.05, 0) is 42.5 Å². The molecular formula is C18H15FN2O5S2. The van der Waals surface area contributed by atoms with Gasteiger partial charge in [0.15, 0.2) is 15.0 Å². The molecule has 3 rings (SSSR count). The first-order chi connectivity index (χ1) is 13.3. The molecule has 0 fully saturated rings. The second-order valence-corrected chi connectivity index (χ2v) is 8.90. The van der Waals surface area contributed by atoms with Gasteiger partial charge in [-0.2, -0.15) is 0 Å². The number of nitrogens with zero attached hydrogens (tertiary/aromatic N) is 1. The van der Waals surface area contributed by atoms with E-state index < -0.39 is 33.3 Å². The molecule has 0 saturated carbocycles. The van der Waals surface area contributed by atoms with E-state index in [-0.39, 0.29) is 11.3 Å². The minimum Gasteiger partial charge on any atom is -0.465 e. The van der Waals surface area contributed by atoms with E-state index in [0.717, 1.165) is 35.6 Å². The van der Waals surface area contributed by atoms with Crippen molar-refractivity contribution in [3.63, 3.8) is 0 Å². The minimum atomic E-state index is -3.70. The molecule has 28 heavy (non-hydrogen) atoms. The van der Waals surface area contributed by atoms with Crippen molar-refractivity contribution in [1.82, 2.24) is 4.98 Å². The maximum absolute atomic E-state index is 12.9. The monoisotopic (exact) mass is 422 g/mol. The number of hydrogen-bond acceptors (Lipinski definition) is 7. The van der Waals surface area contributed by atoms with Gasteiger partial charge >= 0.3 is 5.97 Å². The zero-order chi connectivity index (χ0) is 20.3. The van der Waals surface area contributed by atoms with E-state index in [2.05, 4.69) is 15.0 Å². The van der Waals surface area contributed by atoms with E-state index in [0.29, 0.717) is 20.9 Å². The average Bonchev–Trinajstić information content (AvgIpc) is 3.07. The Morgan fingerprint density at radius 2 is 1.89 bits per heavy atom. The van der Waals surface area contributed by atoms with Crippen LogP contribution in [0.2, 0.25) is 0 Å². The topological polar surface area (TPSA) is 102 Å². The molecule has 1 N–H and O–H groups in total. The van der Waals surface area contributed by atoms with E-state index >= 15 is 0 Å². The number of benzene rings is 2. The van der Waals surface area contributed by atoms with Crippen LogP contribution in [0.1, 0.15) is 16.8 Å². The Morgan fingerprint density at radius 1 is 1.18 bits per heavy atom. The van der Waals surface area contributed by atoms with Gasteiger partial charge in [-0.1, -0.05) is 11.3 Å². The van der Waals surface area contributed by atoms with Gasteiger partial charge in [-0.15, -0.1) is 0 Å². The summed E-state index contributed by atoms with van der Waals surface area (Å²) in [6, 6.07) is 9.23. The van der Waals surface area contributed by atoms with Crippen molar-refractivity contribution in [3.05, 3.63) is 53.8 Å². The van der Waals surface area contributed by atoms with Crippen LogP contribution in [0.3, 0.4) is 0 Å². The number of carbonyl (C=O) groups is 2. The van der Waals surface area contributed by atoms with Crippen molar-refractivity contribution in [3.8, 4) is 0 Å². The number of carbonyl (C=O) groups excluding carboxylic acids is 2. The number of aromatic nitrogens is 1. The molecule has 0 bridgehead atoms. The fourth-order valence-electron chi connectivity index (χ4n) is 2.39. The number of ether oxygens (including phenoxy) is 1. The van der Waals surface area contributed by atoms with Crippen LogP contribution < -0.4 is 5.32 Å². The van der Waals surface area contributed by atoms with Gasteiger partial charge in [0.2, 0.25) is 5.91 Å². The highest BCUT2D eigenvalue weighted by atomic mass is 32.2. The van der Waals surface area contributed by atoms with Gasteiger partial charge in [-0.25, -0.2) is 22.6 Å². The number of rotatable bonds is 6. The summed E-state index contributed by atoms with van der Waals surface area (Å²) >= 11 is 1.16. The van der Waals surface area contributed by atoms with Crippen LogP contribution in [0.5, 0.6) is 0 Å². The van der Waals surface area contributed by atoms with Gasteiger partial charge in [-0.3, -0.25) is 4.79 Å². The molecule has 146 valence electrons. The van der Waals surface area contributed by atoms with Crippen molar-refractivity contribution in [2.24, 2.45) is 0 Å². The lowest BCUT2D eigenvalue weighted by Crippen LogP contribution is -2.17. The van der Waals surface area contributed by atoms with Crippen LogP contribution in [0.4, 0.5) is 9.52 Å². The molecule has 0 aliphatic carbocycles. The highest BCUT2D eigenvalue weighted by Crippen LogP contribution is 2.27. The SMILES string of the molecule is COC(=O)c1ccc2nc(NC(=O)CCS(=O)(=O)c3ccc(F)cc3)sc2c1. The molecule has 1 amide bonds. The zero-order valence-corrected chi connectivity index (χ0v) is 16.3. The summed E-state index contributed by atoms with van der Waals surface area (Å²) in [4.78, 5) is 27.9. The van der Waals surface area contributed by atoms with Crippen molar-refractivity contribution in [2.75, 3.05) is 18.2 Å². The number of nitrogens with one attached hydrogen (secondary N) is 1. The number of thiazole rings is 1. The van der Waals surface area contributed by atoms with E-state index in [1.807, 2.05) is 0 Å². The van der Waals surface area contributed by atoms with Gasteiger partial charge in [0.25, 0.3) is 0 Å². The largest absolute Gasteiger partial charge is 0.465 e. The lowest BCUT2D eigenvalue weighted by Gasteiger charge is -2.04. The number of sulfone groups is 1. The van der Waals surface area contributed by atoms with Crippen LogP contribution in [0.15, 0.2) is 47.4 Å². The molecule has 1 heterocycles. The molecular weight excluding hydrogens is 407 g/mol. The van der Waals surface area contributed by atoms with Crippen molar-refractivity contribution >= 4 is 48.4 Å². The van der Waals surface area contributed by atoms with Gasteiger partial charge in [0, 0.05) is 6.42 Å². The summed E-state index contributed by atoms with van der Waals surface area (Å²) in [7, 11) is -2.42. The molecule has 0 aliphatic heterocycles. The summed E-state index contributed by atoms with van der Waals surface area (Å²) in [5.41, 5.74) is 0.953. The Hall–Kier alpha value is -2.85. The van der Waals surface area contributed by atoms with Crippen molar-refractivity contribution in [2.45, 2.75) is 11.3 Å². The highest BCUT2D eigenvalue weighted by molar-refractivity contribution is 7.91. The normalized spacial score (nSPS) is 11.4. The van der Waals surface area contributed by atoms with Gasteiger partial charge in [0.1, 0.15) is 5.82 Å². The van der Waals surface area contributed by atoms with Crippen LogP contribution >= 0.6 is 11.3 Å². The minimum absolute atomic E-state index is 0.0444. The number of amides is 1. The number of fused-ring (bicyclic) bond motifs is 1. The Kier molecular flexibility index (Phi) is 5.71. The maximum atomic E-state index is 12.9. The smallest absolute Gasteiger partial charge is 0.337 e. The molecule has 0 saturated heterocycles. The van der Waals surface area contributed by atoms with Crippen LogP contribution in [0.25, 0.3) is 10.2 Å². The third-order valence-corrected chi connectivity index (χ3v) is 6.49. The van der Waals surface area contributed by atoms with Gasteiger partial charge in [0.05, 0.1) is 33.5 Å². The van der Waals surface area contributed by atoms with E-state index in [9.17, 15) is 22.4 Å². The fraction of sp³-hybridized carbons (Fsp3) is 0.167. The summed E-state index contributed by atoms with van der Waals surface area (Å²) in [6.45, 7) is 0. The summed E-state index contributed by atoms with van der Waals surface area (Å²) < 4.78 is 42.7. The number of esters is 1. The highest BCUT2D eigenvalue weighted by Gasteiger charge is 2.17. The lowest BCUT2D eigenvalue weighted by molar-refractivity contribution is -0.115. The standard InChI is InChI=1S/C18H15FN2O5S2/c1-26-17(23)11-2-7-14-15(10-11)27-18(20-14)21-16(22)8-9-28(24,25)13-5-3-12(19)4-6-13/h2-7,10H,8-9H2,1H3,(H,20,21,22). The van der Waals surface area contributed by atoms with Crippen LogP contribution in [0, 0.1) is 5.82 Å². The molecule has 7 nitrogen and oxygen atoms in total. The van der Waals surface area contributed by atoms with Crippen LogP contribution in [-0.4, -0.2) is 38.1 Å². The summed E-state index contributed by atoms with van der Waals surface area (Å²) in [5.74, 6) is -1.95. The fourth-order valence-corrected chi connectivity index (χ4v) is 4.55. The Bertz CT molecular complexity index is 1140. The van der Waals surface area contributed by atoms with Crippen LogP contribution in [-0.2, 0) is 19.4 Å². The molecule has 2 aromatic carbocycles. The second-order valence-electron chi connectivity index (χ2n) is 5.76. The zero-order valence-electron chi connectivity index (χ0n) is 14.6. The molecule has 0 spiro atoms. The third kappa shape index (κ3) is 4.52. The molecule has 0 unspecified atom stereocenters. The predicted octanol–water partition coefficient (Wildman–Crippen LogP) is 3.02. The maximum Gasteiger partial charge on any atom is 0.337 e. The van der Waals surface area contributed by atoms with E-state index in [1.165, 1.54) is 7.11 Å². The van der Waals surface area contributed by atoms with E-state index in [1.54, 1.807) is 18.2 Å². The molecule has 0 atom stereocenters. The van der Waals surface area contributed by atoms with Crippen molar-refractivity contribution < 1.29 is 27.1 Å². The quantitative estimate of drug-likeness (QED) is 0.484. The lowest BCUT2D eigenvalue weighted by atomic mass is 10.2. The first-order valence-corrected chi connectivity index (χ1v) is 10.5. The van der Waals surface area contributed by atoms with E-state index in [4.69, 9.17) is 0 Å². The summed E-state index contributed by atoms with van der Waals surface area (Å²) in [6.07, 6.45) is -0.275. The first kappa shape index (κ1) is 19.9. The Morgan fingerprint density at radius 3 is 2.57 bits per heavy atom. The summed E-state index contributed by atoms with van der Waals surface area (Å²) in [5, 5.41) is 2.85. The van der Waals surface area contributed by atoms with Crippen molar-refractivity contribution in [1.29, 1.82) is 0 Å². The predicted molar refractivity (Wildman–Crippen MR) is 103 cm³/mol. The number of halogens is 1. The number of hydrogen-bond donors (Lipinski definition) is 1. The average molecular weight is 422 g/mol. The second kappa shape index (κ2) is 8.03. The molecule has 1 aromatic heterocycles. The molecule has 0 aliphatic rings. The number of methoxy groups -OCH3 is 1. The Balaban J connectivity index is 1.66. The Labute approximate surface area is 164 Å². The molecule has 3 aromatic rings. The third-order valence-electron chi connectivity index (χ3n) is 3.83. The number of anilines is 1. The first-order valence-electron chi connectivity index (χ1n) is 8.05. The molecule has 0 radical (unpaired) electrons. The molecule has 10 heteroatoms.